The van der Waals surface area contributed by atoms with Gasteiger partial charge in [0.15, 0.2) is 0 Å². The fourth-order valence-corrected chi connectivity index (χ4v) is 0.979. The van der Waals surface area contributed by atoms with Crippen molar-refractivity contribution >= 4 is 0 Å². The Morgan fingerprint density at radius 1 is 1.29 bits per heavy atom. The van der Waals surface area contributed by atoms with Crippen LogP contribution in [-0.2, 0) is 6.61 Å². The van der Waals surface area contributed by atoms with Gasteiger partial charge in [0.2, 0.25) is 0 Å². The third-order valence-corrected chi connectivity index (χ3v) is 1.63. The van der Waals surface area contributed by atoms with Crippen LogP contribution in [0.2, 0.25) is 0 Å². The van der Waals surface area contributed by atoms with Crippen LogP contribution in [0.1, 0.15) is 11.1 Å². The Balaban J connectivity index is 3.14. The molecule has 1 aromatic rings. The van der Waals surface area contributed by atoms with E-state index in [1.165, 1.54) is 0 Å². The van der Waals surface area contributed by atoms with Gasteiger partial charge in [-0.25, -0.2) is 8.78 Å². The summed E-state index contributed by atoms with van der Waals surface area (Å²) >= 11 is 0. The number of nitrogens with two attached hydrogens (primary N) is 1. The maximum absolute atomic E-state index is 13.0. The highest BCUT2D eigenvalue weighted by Crippen LogP contribution is 2.14. The Morgan fingerprint density at radius 2 is 1.86 bits per heavy atom. The van der Waals surface area contributed by atoms with Crippen LogP contribution < -0.4 is 5.73 Å². The van der Waals surface area contributed by atoms with Gasteiger partial charge < -0.3 is 10.8 Å². The van der Waals surface area contributed by atoms with E-state index in [0.717, 1.165) is 12.1 Å². The van der Waals surface area contributed by atoms with Crippen LogP contribution in [-0.4, -0.2) is 11.7 Å². The zero-order chi connectivity index (χ0) is 10.6. The lowest BCUT2D eigenvalue weighted by molar-refractivity contribution is 0.269. The SMILES string of the molecule is NCC#Cc1cc(F)c(CO)c(F)c1. The van der Waals surface area contributed by atoms with Crippen molar-refractivity contribution in [2.45, 2.75) is 6.61 Å². The van der Waals surface area contributed by atoms with Crippen LogP contribution in [0.25, 0.3) is 0 Å². The monoisotopic (exact) mass is 197 g/mol. The summed E-state index contributed by atoms with van der Waals surface area (Å²) in [6.07, 6.45) is 0. The third kappa shape index (κ3) is 2.28. The van der Waals surface area contributed by atoms with Gasteiger partial charge in [0, 0.05) is 11.1 Å². The van der Waals surface area contributed by atoms with Crippen molar-refractivity contribution < 1.29 is 13.9 Å². The minimum Gasteiger partial charge on any atom is -0.391 e. The number of benzene rings is 1. The first-order valence-corrected chi connectivity index (χ1v) is 3.96. The summed E-state index contributed by atoms with van der Waals surface area (Å²) < 4.78 is 26.1. The lowest BCUT2D eigenvalue weighted by Crippen LogP contribution is -1.97. The van der Waals surface area contributed by atoms with Crippen molar-refractivity contribution in [2.75, 3.05) is 6.54 Å². The fraction of sp³-hybridized carbons (Fsp3) is 0.200. The molecule has 2 nitrogen and oxygen atoms in total. The molecule has 0 saturated carbocycles. The summed E-state index contributed by atoms with van der Waals surface area (Å²) in [6, 6.07) is 2.13. The van der Waals surface area contributed by atoms with E-state index in [1.807, 2.05) is 0 Å². The van der Waals surface area contributed by atoms with E-state index in [1.54, 1.807) is 0 Å². The van der Waals surface area contributed by atoms with Crippen LogP contribution in [0.3, 0.4) is 0 Å². The Kier molecular flexibility index (Phi) is 3.57. The lowest BCUT2D eigenvalue weighted by atomic mass is 10.1. The zero-order valence-corrected chi connectivity index (χ0v) is 7.35. The molecule has 1 rings (SSSR count). The van der Waals surface area contributed by atoms with Gasteiger partial charge in [-0.2, -0.15) is 0 Å². The van der Waals surface area contributed by atoms with Gasteiger partial charge in [0.05, 0.1) is 13.2 Å². The second kappa shape index (κ2) is 4.70. The normalized spacial score (nSPS) is 9.43. The summed E-state index contributed by atoms with van der Waals surface area (Å²) in [7, 11) is 0. The van der Waals surface area contributed by atoms with Crippen molar-refractivity contribution in [1.82, 2.24) is 0 Å². The lowest BCUT2D eigenvalue weighted by Gasteiger charge is -2.01. The number of aliphatic hydroxyl groups is 1. The van der Waals surface area contributed by atoms with Gasteiger partial charge in [-0.15, -0.1) is 0 Å². The Morgan fingerprint density at radius 3 is 2.29 bits per heavy atom. The maximum Gasteiger partial charge on any atom is 0.132 e. The van der Waals surface area contributed by atoms with Gasteiger partial charge in [-0.3, -0.25) is 0 Å². The van der Waals surface area contributed by atoms with Crippen LogP contribution in [0, 0.1) is 23.5 Å². The average Bonchev–Trinajstić information content (AvgIpc) is 2.14. The second-order valence-electron chi connectivity index (χ2n) is 2.58. The molecule has 0 aliphatic heterocycles. The molecule has 0 spiro atoms. The number of aliphatic hydroxyl groups excluding tert-OH is 1. The minimum atomic E-state index is -0.797. The molecule has 3 N–H and O–H groups in total. The topological polar surface area (TPSA) is 46.2 Å². The summed E-state index contributed by atoms with van der Waals surface area (Å²) in [6.45, 7) is -0.534. The third-order valence-electron chi connectivity index (χ3n) is 1.63. The highest BCUT2D eigenvalue weighted by atomic mass is 19.1. The number of halogens is 2. The molecule has 0 bridgehead atoms. The number of hydrogen-bond acceptors (Lipinski definition) is 2. The first-order chi connectivity index (χ1) is 6.69. The molecule has 0 heterocycles. The van der Waals surface area contributed by atoms with E-state index in [-0.39, 0.29) is 17.7 Å². The molecule has 0 radical (unpaired) electrons. The Bertz CT molecular complexity index is 370. The average molecular weight is 197 g/mol. The van der Waals surface area contributed by atoms with Crippen molar-refractivity contribution in [2.24, 2.45) is 5.73 Å². The molecular weight excluding hydrogens is 188 g/mol. The van der Waals surface area contributed by atoms with E-state index >= 15 is 0 Å². The molecule has 0 unspecified atom stereocenters. The summed E-state index contributed by atoms with van der Waals surface area (Å²) in [5.41, 5.74) is 4.97. The number of rotatable bonds is 1. The van der Waals surface area contributed by atoms with E-state index < -0.39 is 18.2 Å². The molecule has 14 heavy (non-hydrogen) atoms. The zero-order valence-electron chi connectivity index (χ0n) is 7.35. The standard InChI is InChI=1S/C10H9F2NO/c11-9-4-7(2-1-3-13)5-10(12)8(9)6-14/h4-5,14H,3,6,13H2. The van der Waals surface area contributed by atoms with Crippen LogP contribution in [0.5, 0.6) is 0 Å². The molecule has 0 fully saturated rings. The molecule has 0 amide bonds. The largest absolute Gasteiger partial charge is 0.391 e. The molecule has 1 aromatic carbocycles. The molecular formula is C10H9F2NO. The molecule has 74 valence electrons. The van der Waals surface area contributed by atoms with Gasteiger partial charge in [-0.1, -0.05) is 11.8 Å². The van der Waals surface area contributed by atoms with Gasteiger partial charge >= 0.3 is 0 Å². The summed E-state index contributed by atoms with van der Waals surface area (Å²) in [5.74, 6) is 3.38. The molecule has 0 saturated heterocycles. The van der Waals surface area contributed by atoms with Crippen LogP contribution in [0.4, 0.5) is 8.78 Å². The van der Waals surface area contributed by atoms with Crippen LogP contribution in [0.15, 0.2) is 12.1 Å². The van der Waals surface area contributed by atoms with Gasteiger partial charge in [-0.05, 0) is 12.1 Å². The molecule has 0 aliphatic rings. The van der Waals surface area contributed by atoms with Crippen molar-refractivity contribution in [3.63, 3.8) is 0 Å². The predicted molar refractivity (Wildman–Crippen MR) is 48.2 cm³/mol. The number of hydrogen-bond donors (Lipinski definition) is 2. The first-order valence-electron chi connectivity index (χ1n) is 3.96. The van der Waals surface area contributed by atoms with Crippen molar-refractivity contribution in [3.05, 3.63) is 34.9 Å². The first kappa shape index (κ1) is 10.6. The smallest absolute Gasteiger partial charge is 0.132 e. The maximum atomic E-state index is 13.0. The van der Waals surface area contributed by atoms with E-state index in [9.17, 15) is 8.78 Å². The van der Waals surface area contributed by atoms with Crippen molar-refractivity contribution in [3.8, 4) is 11.8 Å². The highest BCUT2D eigenvalue weighted by Gasteiger charge is 2.08. The van der Waals surface area contributed by atoms with Gasteiger partial charge in [0.1, 0.15) is 11.6 Å². The van der Waals surface area contributed by atoms with E-state index in [0.29, 0.717) is 0 Å². The summed E-state index contributed by atoms with van der Waals surface area (Å²) in [5, 5.41) is 8.63. The minimum absolute atomic E-state index is 0.130. The fourth-order valence-electron chi connectivity index (χ4n) is 0.979. The summed E-state index contributed by atoms with van der Waals surface area (Å²) in [4.78, 5) is 0. The highest BCUT2D eigenvalue weighted by molar-refractivity contribution is 5.37. The van der Waals surface area contributed by atoms with Crippen molar-refractivity contribution in [1.29, 1.82) is 0 Å². The molecule has 4 heteroatoms. The second-order valence-corrected chi connectivity index (χ2v) is 2.58. The van der Waals surface area contributed by atoms with Crippen LogP contribution >= 0.6 is 0 Å². The Hall–Kier alpha value is -1.44. The molecule has 0 aliphatic carbocycles. The Labute approximate surface area is 80.4 Å². The van der Waals surface area contributed by atoms with E-state index in [2.05, 4.69) is 11.8 Å². The van der Waals surface area contributed by atoms with Gasteiger partial charge in [0.25, 0.3) is 0 Å². The van der Waals surface area contributed by atoms with E-state index in [4.69, 9.17) is 10.8 Å². The quantitative estimate of drug-likeness (QED) is 0.653. The molecule has 0 aromatic heterocycles. The predicted octanol–water partition coefficient (Wildman–Crippen LogP) is 0.767. The molecule has 0 atom stereocenters.